The minimum absolute atomic E-state index is 0.106. The molecule has 1 fully saturated rings. The topological polar surface area (TPSA) is 67.6 Å². The molecule has 0 aromatic heterocycles. The van der Waals surface area contributed by atoms with Gasteiger partial charge in [-0.3, -0.25) is 4.79 Å². The molecule has 5 heteroatoms. The lowest BCUT2D eigenvalue weighted by atomic mass is 10.1. The summed E-state index contributed by atoms with van der Waals surface area (Å²) in [6, 6.07) is 5.32. The highest BCUT2D eigenvalue weighted by Gasteiger charge is 2.21. The van der Waals surface area contributed by atoms with Crippen LogP contribution >= 0.6 is 0 Å². The van der Waals surface area contributed by atoms with Crippen molar-refractivity contribution in [2.24, 2.45) is 5.92 Å². The molecule has 3 N–H and O–H groups in total. The summed E-state index contributed by atoms with van der Waals surface area (Å²) < 4.78 is 5.63. The maximum Gasteiger partial charge on any atom is 0.253 e. The fraction of sp³-hybridized carbons (Fsp3) is 0.533. The second-order valence-electron chi connectivity index (χ2n) is 5.30. The predicted molar refractivity (Wildman–Crippen MR) is 81.1 cm³/mol. The van der Waals surface area contributed by atoms with Gasteiger partial charge in [-0.2, -0.15) is 0 Å². The van der Waals surface area contributed by atoms with Crippen molar-refractivity contribution in [2.75, 3.05) is 44.5 Å². The molecule has 0 spiro atoms. The molecule has 1 amide bonds. The van der Waals surface area contributed by atoms with Crippen molar-refractivity contribution in [3.8, 4) is 0 Å². The van der Waals surface area contributed by atoms with E-state index in [-0.39, 0.29) is 5.91 Å². The van der Waals surface area contributed by atoms with Crippen LogP contribution in [-0.4, -0.2) is 39.8 Å². The van der Waals surface area contributed by atoms with Gasteiger partial charge in [0.05, 0.1) is 17.9 Å². The number of likely N-dealkylation sites (N-methyl/N-ethyl adjacent to an activating group) is 1. The number of amides is 1. The van der Waals surface area contributed by atoms with Gasteiger partial charge >= 0.3 is 0 Å². The Labute approximate surface area is 120 Å². The second kappa shape index (κ2) is 6.61. The van der Waals surface area contributed by atoms with Gasteiger partial charge in [0.2, 0.25) is 0 Å². The maximum atomic E-state index is 11.9. The second-order valence-corrected chi connectivity index (χ2v) is 5.30. The minimum Gasteiger partial charge on any atom is -0.399 e. The summed E-state index contributed by atoms with van der Waals surface area (Å²) >= 11 is 0. The average Bonchev–Trinajstić information content (AvgIpc) is 3.26. The van der Waals surface area contributed by atoms with Gasteiger partial charge in [-0.25, -0.2) is 0 Å². The third-order valence-electron chi connectivity index (χ3n) is 3.53. The van der Waals surface area contributed by atoms with Crippen LogP contribution in [0.5, 0.6) is 0 Å². The first-order valence-corrected chi connectivity index (χ1v) is 7.02. The largest absolute Gasteiger partial charge is 0.399 e. The summed E-state index contributed by atoms with van der Waals surface area (Å²) in [4.78, 5) is 13.9. The number of ether oxygens (including phenoxy) is 1. The monoisotopic (exact) mass is 277 g/mol. The molecule has 0 bridgehead atoms. The van der Waals surface area contributed by atoms with Gasteiger partial charge in [-0.1, -0.05) is 0 Å². The Kier molecular flexibility index (Phi) is 4.84. The SMILES string of the molecule is CNC(=O)c1ccc(N)cc1N(C)CCOCC1CC1. The van der Waals surface area contributed by atoms with Crippen molar-refractivity contribution in [3.05, 3.63) is 23.8 Å². The number of nitrogens with zero attached hydrogens (tertiary/aromatic N) is 1. The number of hydrogen-bond acceptors (Lipinski definition) is 4. The molecule has 2 rings (SSSR count). The van der Waals surface area contributed by atoms with Crippen LogP contribution in [-0.2, 0) is 4.74 Å². The van der Waals surface area contributed by atoms with E-state index in [2.05, 4.69) is 5.32 Å². The highest BCUT2D eigenvalue weighted by Crippen LogP contribution is 2.28. The normalized spacial score (nSPS) is 14.1. The van der Waals surface area contributed by atoms with Gasteiger partial charge in [-0.15, -0.1) is 0 Å². The van der Waals surface area contributed by atoms with Crippen molar-refractivity contribution in [1.82, 2.24) is 5.32 Å². The third kappa shape index (κ3) is 3.87. The fourth-order valence-corrected chi connectivity index (χ4v) is 2.05. The van der Waals surface area contributed by atoms with Crippen LogP contribution in [0.4, 0.5) is 11.4 Å². The van der Waals surface area contributed by atoms with E-state index < -0.39 is 0 Å². The standard InChI is InChI=1S/C15H23N3O2/c1-17-15(19)13-6-5-12(16)9-14(13)18(2)7-8-20-10-11-3-4-11/h5-6,9,11H,3-4,7-8,10,16H2,1-2H3,(H,17,19). The van der Waals surface area contributed by atoms with E-state index in [0.717, 1.165) is 24.8 Å². The number of rotatable bonds is 7. The number of carbonyl (C=O) groups is 1. The first-order chi connectivity index (χ1) is 9.61. The summed E-state index contributed by atoms with van der Waals surface area (Å²) in [6.45, 7) is 2.25. The van der Waals surface area contributed by atoms with E-state index in [9.17, 15) is 4.79 Å². The summed E-state index contributed by atoms with van der Waals surface area (Å²) in [5.41, 5.74) is 7.94. The van der Waals surface area contributed by atoms with Crippen LogP contribution in [0.25, 0.3) is 0 Å². The van der Waals surface area contributed by atoms with Crippen LogP contribution in [0.2, 0.25) is 0 Å². The van der Waals surface area contributed by atoms with Crippen molar-refractivity contribution in [2.45, 2.75) is 12.8 Å². The van der Waals surface area contributed by atoms with Gasteiger partial charge in [-0.05, 0) is 37.0 Å². The molecule has 20 heavy (non-hydrogen) atoms. The lowest BCUT2D eigenvalue weighted by molar-refractivity contribution is 0.0963. The molecule has 0 radical (unpaired) electrons. The Hall–Kier alpha value is -1.75. The minimum atomic E-state index is -0.106. The van der Waals surface area contributed by atoms with Crippen molar-refractivity contribution >= 4 is 17.3 Å². The first-order valence-electron chi connectivity index (χ1n) is 7.02. The molecule has 0 atom stereocenters. The quantitative estimate of drug-likeness (QED) is 0.585. The molecule has 1 saturated carbocycles. The molecule has 1 aromatic rings. The zero-order valence-corrected chi connectivity index (χ0v) is 12.2. The van der Waals surface area contributed by atoms with Gasteiger partial charge in [0.15, 0.2) is 0 Å². The molecule has 1 aliphatic carbocycles. The molecule has 0 aliphatic heterocycles. The van der Waals surface area contributed by atoms with Crippen LogP contribution in [0, 0.1) is 5.92 Å². The summed E-state index contributed by atoms with van der Waals surface area (Å²) in [7, 11) is 3.57. The van der Waals surface area contributed by atoms with E-state index >= 15 is 0 Å². The highest BCUT2D eigenvalue weighted by molar-refractivity contribution is 6.00. The Morgan fingerprint density at radius 3 is 2.90 bits per heavy atom. The summed E-state index contributed by atoms with van der Waals surface area (Å²) in [5.74, 6) is 0.667. The lowest BCUT2D eigenvalue weighted by Gasteiger charge is -2.22. The Bertz CT molecular complexity index is 472. The van der Waals surface area contributed by atoms with Crippen LogP contribution in [0.15, 0.2) is 18.2 Å². The number of nitrogens with two attached hydrogens (primary N) is 1. The molecule has 0 unspecified atom stereocenters. The van der Waals surface area contributed by atoms with E-state index in [1.54, 1.807) is 19.2 Å². The van der Waals surface area contributed by atoms with Crippen LogP contribution < -0.4 is 16.0 Å². The zero-order valence-electron chi connectivity index (χ0n) is 12.2. The lowest BCUT2D eigenvalue weighted by Crippen LogP contribution is -2.27. The predicted octanol–water partition coefficient (Wildman–Crippen LogP) is 1.49. The number of carbonyl (C=O) groups excluding carboxylic acids is 1. The molecular formula is C15H23N3O2. The van der Waals surface area contributed by atoms with E-state index in [1.165, 1.54) is 12.8 Å². The number of nitrogen functional groups attached to an aromatic ring is 1. The van der Waals surface area contributed by atoms with Crippen molar-refractivity contribution in [1.29, 1.82) is 0 Å². The van der Waals surface area contributed by atoms with E-state index in [4.69, 9.17) is 10.5 Å². The smallest absolute Gasteiger partial charge is 0.253 e. The maximum absolute atomic E-state index is 11.9. The highest BCUT2D eigenvalue weighted by atomic mass is 16.5. The van der Waals surface area contributed by atoms with E-state index in [0.29, 0.717) is 17.9 Å². The molecule has 110 valence electrons. The first kappa shape index (κ1) is 14.7. The van der Waals surface area contributed by atoms with E-state index in [1.807, 2.05) is 18.0 Å². The summed E-state index contributed by atoms with van der Waals surface area (Å²) in [6.07, 6.45) is 2.59. The van der Waals surface area contributed by atoms with Gasteiger partial charge in [0.1, 0.15) is 0 Å². The molecule has 1 aliphatic rings. The van der Waals surface area contributed by atoms with Gasteiger partial charge in [0.25, 0.3) is 5.91 Å². The third-order valence-corrected chi connectivity index (χ3v) is 3.53. The Morgan fingerprint density at radius 1 is 1.50 bits per heavy atom. The molecular weight excluding hydrogens is 254 g/mol. The molecule has 1 aromatic carbocycles. The van der Waals surface area contributed by atoms with Crippen molar-refractivity contribution in [3.63, 3.8) is 0 Å². The Morgan fingerprint density at radius 2 is 2.25 bits per heavy atom. The summed E-state index contributed by atoms with van der Waals surface area (Å²) in [5, 5.41) is 2.65. The van der Waals surface area contributed by atoms with Crippen LogP contribution in [0.1, 0.15) is 23.2 Å². The average molecular weight is 277 g/mol. The van der Waals surface area contributed by atoms with Crippen LogP contribution in [0.3, 0.4) is 0 Å². The van der Waals surface area contributed by atoms with Crippen molar-refractivity contribution < 1.29 is 9.53 Å². The molecule has 5 nitrogen and oxygen atoms in total. The zero-order chi connectivity index (χ0) is 14.5. The molecule has 0 saturated heterocycles. The molecule has 0 heterocycles. The fourth-order valence-electron chi connectivity index (χ4n) is 2.05. The number of hydrogen-bond donors (Lipinski definition) is 2. The van der Waals surface area contributed by atoms with Gasteiger partial charge in [0, 0.05) is 32.9 Å². The number of benzene rings is 1. The number of anilines is 2. The van der Waals surface area contributed by atoms with Gasteiger partial charge < -0.3 is 20.7 Å². The number of nitrogens with one attached hydrogen (secondary N) is 1. The Balaban J connectivity index is 1.96.